The topological polar surface area (TPSA) is 81.3 Å². The molecule has 2 N–H and O–H groups in total. The monoisotopic (exact) mass is 505 g/mol. The van der Waals surface area contributed by atoms with E-state index in [1.807, 2.05) is 54.3 Å². The molecule has 2 aliphatic rings. The van der Waals surface area contributed by atoms with Crippen molar-refractivity contribution in [3.05, 3.63) is 72.3 Å². The lowest BCUT2D eigenvalue weighted by molar-refractivity contribution is -0.130. The second-order valence-electron chi connectivity index (χ2n) is 8.69. The van der Waals surface area contributed by atoms with Crippen LogP contribution >= 0.6 is 12.2 Å². The number of amides is 1. The van der Waals surface area contributed by atoms with Crippen LogP contribution in [0.5, 0.6) is 23.0 Å². The van der Waals surface area contributed by atoms with Crippen LogP contribution in [0, 0.1) is 5.92 Å². The second kappa shape index (κ2) is 9.23. The predicted molar refractivity (Wildman–Crippen MR) is 141 cm³/mol. The summed E-state index contributed by atoms with van der Waals surface area (Å²) in [6, 6.07) is 19.8. The molecule has 8 nitrogen and oxygen atoms in total. The number of nitrogens with zero attached hydrogens (tertiary/aromatic N) is 1. The Balaban J connectivity index is 1.62. The number of carbonyl (C=O) groups is 1. The molecule has 2 aliphatic heterocycles. The number of methoxy groups -OCH3 is 3. The summed E-state index contributed by atoms with van der Waals surface area (Å²) in [5.41, 5.74) is 0.964. The second-order valence-corrected chi connectivity index (χ2v) is 9.08. The number of nitrogens with one attached hydrogen (secondary N) is 2. The lowest BCUT2D eigenvalue weighted by atomic mass is 9.78. The lowest BCUT2D eigenvalue weighted by Gasteiger charge is -2.56. The van der Waals surface area contributed by atoms with Crippen LogP contribution in [0.4, 0.5) is 11.4 Å². The van der Waals surface area contributed by atoms with Gasteiger partial charge in [0.05, 0.1) is 33.1 Å². The molecule has 3 aromatic rings. The molecule has 3 atom stereocenters. The van der Waals surface area contributed by atoms with E-state index in [1.54, 1.807) is 45.6 Å². The Bertz CT molecular complexity index is 1320. The first-order chi connectivity index (χ1) is 17.4. The van der Waals surface area contributed by atoms with E-state index in [0.29, 0.717) is 39.5 Å². The zero-order valence-corrected chi connectivity index (χ0v) is 21.2. The Kier molecular flexibility index (Phi) is 6.09. The number of ether oxygens (including phenoxy) is 4. The predicted octanol–water partition coefficient (Wildman–Crippen LogP) is 4.51. The van der Waals surface area contributed by atoms with Crippen molar-refractivity contribution in [2.45, 2.75) is 18.7 Å². The van der Waals surface area contributed by atoms with E-state index < -0.39 is 17.7 Å². The van der Waals surface area contributed by atoms with Gasteiger partial charge in [-0.1, -0.05) is 12.1 Å². The van der Waals surface area contributed by atoms with Gasteiger partial charge in [-0.2, -0.15) is 0 Å². The summed E-state index contributed by atoms with van der Waals surface area (Å²) in [7, 11) is 4.80. The molecule has 2 heterocycles. The van der Waals surface area contributed by atoms with Gasteiger partial charge in [-0.3, -0.25) is 9.69 Å². The third-order valence-electron chi connectivity index (χ3n) is 6.67. The highest BCUT2D eigenvalue weighted by molar-refractivity contribution is 7.80. The van der Waals surface area contributed by atoms with Crippen molar-refractivity contribution in [3.8, 4) is 23.0 Å². The van der Waals surface area contributed by atoms with Crippen molar-refractivity contribution < 1.29 is 23.7 Å². The van der Waals surface area contributed by atoms with Crippen LogP contribution in [0.1, 0.15) is 18.5 Å². The molecule has 36 heavy (non-hydrogen) atoms. The maximum absolute atomic E-state index is 13.9. The molecule has 0 saturated carbocycles. The van der Waals surface area contributed by atoms with Crippen molar-refractivity contribution >= 4 is 34.6 Å². The summed E-state index contributed by atoms with van der Waals surface area (Å²) in [6.45, 7) is 1.88. The van der Waals surface area contributed by atoms with Gasteiger partial charge in [0.15, 0.2) is 10.8 Å². The largest absolute Gasteiger partial charge is 0.497 e. The van der Waals surface area contributed by atoms with Gasteiger partial charge in [0, 0.05) is 11.3 Å². The molecule has 2 bridgehead atoms. The first kappa shape index (κ1) is 23.7. The van der Waals surface area contributed by atoms with Gasteiger partial charge in [0.2, 0.25) is 5.91 Å². The number of hydrogen-bond donors (Lipinski definition) is 2. The molecule has 0 spiro atoms. The SMILES string of the molecule is COc1ccc(NC(=O)[C@H]2[C@@H]3NC(=S)N(c4ccccc4OC)[C@@]2(C)Oc2ccc(OC)cc23)cc1. The van der Waals surface area contributed by atoms with Crippen LogP contribution < -0.4 is 34.5 Å². The quantitative estimate of drug-likeness (QED) is 0.474. The highest BCUT2D eigenvalue weighted by Gasteiger charge is 2.59. The molecule has 5 rings (SSSR count). The molecule has 0 aromatic heterocycles. The molecule has 0 radical (unpaired) electrons. The summed E-state index contributed by atoms with van der Waals surface area (Å²) in [5, 5.41) is 6.87. The fourth-order valence-corrected chi connectivity index (χ4v) is 5.37. The minimum Gasteiger partial charge on any atom is -0.497 e. The summed E-state index contributed by atoms with van der Waals surface area (Å²) in [5.74, 6) is 1.70. The van der Waals surface area contributed by atoms with Gasteiger partial charge in [-0.15, -0.1) is 0 Å². The Morgan fingerprint density at radius 1 is 1.00 bits per heavy atom. The van der Waals surface area contributed by atoms with Gasteiger partial charge in [0.1, 0.15) is 28.9 Å². The minimum absolute atomic E-state index is 0.226. The summed E-state index contributed by atoms with van der Waals surface area (Å²) >= 11 is 5.83. The van der Waals surface area contributed by atoms with Crippen molar-refractivity contribution in [3.63, 3.8) is 0 Å². The van der Waals surface area contributed by atoms with Crippen LogP contribution in [-0.2, 0) is 4.79 Å². The van der Waals surface area contributed by atoms with Gasteiger partial charge in [-0.05, 0) is 73.7 Å². The van der Waals surface area contributed by atoms with Crippen LogP contribution in [-0.4, -0.2) is 38.1 Å². The third-order valence-corrected chi connectivity index (χ3v) is 6.97. The minimum atomic E-state index is -1.17. The summed E-state index contributed by atoms with van der Waals surface area (Å²) in [6.07, 6.45) is 0. The normalized spacial score (nSPS) is 22.0. The molecular weight excluding hydrogens is 478 g/mol. The zero-order valence-electron chi connectivity index (χ0n) is 20.4. The number of benzene rings is 3. The number of anilines is 2. The van der Waals surface area contributed by atoms with Gasteiger partial charge in [-0.25, -0.2) is 0 Å². The Hall–Kier alpha value is -3.98. The van der Waals surface area contributed by atoms with Crippen molar-refractivity contribution in [2.24, 2.45) is 5.92 Å². The molecule has 186 valence electrons. The molecule has 1 saturated heterocycles. The van der Waals surface area contributed by atoms with Crippen LogP contribution in [0.25, 0.3) is 0 Å². The Morgan fingerprint density at radius 2 is 1.69 bits per heavy atom. The Labute approximate surface area is 215 Å². The summed E-state index contributed by atoms with van der Waals surface area (Å²) < 4.78 is 23.0. The van der Waals surface area contributed by atoms with E-state index >= 15 is 0 Å². The highest BCUT2D eigenvalue weighted by Crippen LogP contribution is 2.51. The molecule has 1 fully saturated rings. The maximum atomic E-state index is 13.9. The van der Waals surface area contributed by atoms with Gasteiger partial charge in [0.25, 0.3) is 0 Å². The van der Waals surface area contributed by atoms with E-state index in [1.165, 1.54) is 0 Å². The van der Waals surface area contributed by atoms with Crippen molar-refractivity contribution in [1.29, 1.82) is 0 Å². The number of carbonyl (C=O) groups excluding carboxylic acids is 1. The van der Waals surface area contributed by atoms with Gasteiger partial charge >= 0.3 is 0 Å². The fourth-order valence-electron chi connectivity index (χ4n) is 4.96. The number of thiocarbonyl (C=S) groups is 1. The van der Waals surface area contributed by atoms with E-state index in [9.17, 15) is 4.79 Å². The Morgan fingerprint density at radius 3 is 2.39 bits per heavy atom. The molecule has 0 unspecified atom stereocenters. The van der Waals surface area contributed by atoms with Crippen molar-refractivity contribution in [1.82, 2.24) is 5.32 Å². The van der Waals surface area contributed by atoms with Crippen LogP contribution in [0.3, 0.4) is 0 Å². The maximum Gasteiger partial charge on any atom is 0.236 e. The smallest absolute Gasteiger partial charge is 0.236 e. The fraction of sp³-hybridized carbons (Fsp3) is 0.259. The lowest BCUT2D eigenvalue weighted by Crippen LogP contribution is -2.72. The van der Waals surface area contributed by atoms with Crippen LogP contribution in [0.2, 0.25) is 0 Å². The first-order valence-electron chi connectivity index (χ1n) is 11.4. The number of para-hydroxylation sites is 2. The standard InChI is InChI=1S/C27H27N3O5S/c1-27-23(25(31)28-16-9-11-17(32-2)12-10-16)24(19-15-18(33-3)13-14-21(19)35-27)29-26(36)30(27)20-7-5-6-8-22(20)34-4/h5-15,23-24H,1-4H3,(H,28,31)(H,29,36)/t23-,24-,27+/m1/s1. The number of hydrogen-bond acceptors (Lipinski definition) is 6. The molecule has 9 heteroatoms. The molecule has 0 aliphatic carbocycles. The van der Waals surface area contributed by atoms with E-state index in [2.05, 4.69) is 10.6 Å². The molecular formula is C27H27N3O5S. The third kappa shape index (κ3) is 3.85. The number of rotatable bonds is 6. The van der Waals surface area contributed by atoms with Gasteiger partial charge < -0.3 is 29.6 Å². The first-order valence-corrected chi connectivity index (χ1v) is 11.9. The zero-order chi connectivity index (χ0) is 25.4. The van der Waals surface area contributed by atoms with E-state index in [0.717, 1.165) is 5.56 Å². The average molecular weight is 506 g/mol. The van der Waals surface area contributed by atoms with Crippen LogP contribution in [0.15, 0.2) is 66.7 Å². The highest BCUT2D eigenvalue weighted by atomic mass is 32.1. The number of fused-ring (bicyclic) bond motifs is 4. The summed E-state index contributed by atoms with van der Waals surface area (Å²) in [4.78, 5) is 15.8. The molecule has 3 aromatic carbocycles. The molecule has 1 amide bonds. The average Bonchev–Trinajstić information content (AvgIpc) is 2.88. The van der Waals surface area contributed by atoms with E-state index in [4.69, 9.17) is 31.2 Å². The van der Waals surface area contributed by atoms with Crippen molar-refractivity contribution in [2.75, 3.05) is 31.5 Å². The van der Waals surface area contributed by atoms with E-state index in [-0.39, 0.29) is 5.91 Å².